The molecule has 112 valence electrons. The largest absolute Gasteiger partial charge is 0.398 e. The van der Waals surface area contributed by atoms with E-state index < -0.39 is 10.0 Å². The molecule has 1 aliphatic heterocycles. The Morgan fingerprint density at radius 1 is 1.40 bits per heavy atom. The van der Waals surface area contributed by atoms with Gasteiger partial charge in [0, 0.05) is 19.1 Å². The molecule has 5 nitrogen and oxygen atoms in total. The molecule has 1 atom stereocenters. The van der Waals surface area contributed by atoms with Gasteiger partial charge in [0.15, 0.2) is 0 Å². The second kappa shape index (κ2) is 5.89. The lowest BCUT2D eigenvalue weighted by atomic mass is 10.1. The third-order valence-electron chi connectivity index (χ3n) is 3.70. The van der Waals surface area contributed by atoms with Gasteiger partial charge in [0.2, 0.25) is 10.0 Å². The summed E-state index contributed by atoms with van der Waals surface area (Å²) >= 11 is 5.92. The van der Waals surface area contributed by atoms with Crippen LogP contribution in [0.25, 0.3) is 0 Å². The Morgan fingerprint density at radius 3 is 2.70 bits per heavy atom. The summed E-state index contributed by atoms with van der Waals surface area (Å²) in [6, 6.07) is 4.71. The predicted molar refractivity (Wildman–Crippen MR) is 81.3 cm³/mol. The smallest absolute Gasteiger partial charge is 0.243 e. The number of piperidine rings is 1. The maximum Gasteiger partial charge on any atom is 0.243 e. The van der Waals surface area contributed by atoms with E-state index >= 15 is 0 Å². The first-order chi connectivity index (χ1) is 9.32. The molecule has 0 radical (unpaired) electrons. The molecule has 0 spiro atoms. The maximum atomic E-state index is 12.6. The van der Waals surface area contributed by atoms with Gasteiger partial charge in [0.1, 0.15) is 0 Å². The van der Waals surface area contributed by atoms with Crippen LogP contribution >= 0.6 is 11.6 Å². The van der Waals surface area contributed by atoms with E-state index in [1.54, 1.807) is 0 Å². The number of likely N-dealkylation sites (N-methyl/N-ethyl adjacent to an activating group) is 1. The number of halogens is 1. The van der Waals surface area contributed by atoms with Gasteiger partial charge in [-0.3, -0.25) is 0 Å². The molecule has 1 fully saturated rings. The summed E-state index contributed by atoms with van der Waals surface area (Å²) < 4.78 is 26.8. The van der Waals surface area contributed by atoms with Crippen LogP contribution in [0.5, 0.6) is 0 Å². The zero-order valence-electron chi connectivity index (χ0n) is 11.7. The van der Waals surface area contributed by atoms with Gasteiger partial charge in [0.25, 0.3) is 0 Å². The molecule has 2 N–H and O–H groups in total. The van der Waals surface area contributed by atoms with Gasteiger partial charge in [-0.15, -0.1) is 0 Å². The van der Waals surface area contributed by atoms with E-state index in [0.29, 0.717) is 18.8 Å². The van der Waals surface area contributed by atoms with Crippen molar-refractivity contribution in [3.63, 3.8) is 0 Å². The van der Waals surface area contributed by atoms with Crippen molar-refractivity contribution < 1.29 is 8.42 Å². The average molecular weight is 318 g/mol. The number of benzene rings is 1. The lowest BCUT2D eigenvalue weighted by Crippen LogP contribution is -2.47. The van der Waals surface area contributed by atoms with Crippen molar-refractivity contribution >= 4 is 27.3 Å². The van der Waals surface area contributed by atoms with Crippen LogP contribution in [0.15, 0.2) is 23.1 Å². The SMILES string of the molecule is CN(C)C1CCCN(S(=O)(=O)c2ccc(N)c(Cl)c2)C1. The Morgan fingerprint density at radius 2 is 2.10 bits per heavy atom. The lowest BCUT2D eigenvalue weighted by molar-refractivity contribution is 0.190. The third kappa shape index (κ3) is 3.09. The molecule has 1 aliphatic rings. The molecule has 0 aromatic heterocycles. The van der Waals surface area contributed by atoms with Crippen molar-refractivity contribution in [1.82, 2.24) is 9.21 Å². The predicted octanol–water partition coefficient (Wildman–Crippen LogP) is 1.64. The fourth-order valence-electron chi connectivity index (χ4n) is 2.38. The van der Waals surface area contributed by atoms with Crippen LogP contribution in [0.2, 0.25) is 5.02 Å². The number of hydrogen-bond donors (Lipinski definition) is 1. The number of nitrogens with two attached hydrogens (primary N) is 1. The summed E-state index contributed by atoms with van der Waals surface area (Å²) in [5.41, 5.74) is 6.01. The highest BCUT2D eigenvalue weighted by Crippen LogP contribution is 2.27. The minimum atomic E-state index is -3.50. The number of nitrogens with zero attached hydrogens (tertiary/aromatic N) is 2. The summed E-state index contributed by atoms with van der Waals surface area (Å²) in [6.07, 6.45) is 1.88. The van der Waals surface area contributed by atoms with E-state index in [0.717, 1.165) is 12.8 Å². The second-order valence-electron chi connectivity index (χ2n) is 5.31. The zero-order valence-corrected chi connectivity index (χ0v) is 13.3. The molecule has 20 heavy (non-hydrogen) atoms. The van der Waals surface area contributed by atoms with Crippen LogP contribution in [0.1, 0.15) is 12.8 Å². The molecule has 0 aliphatic carbocycles. The van der Waals surface area contributed by atoms with Gasteiger partial charge in [0.05, 0.1) is 15.6 Å². The molecular formula is C13H20ClN3O2S. The van der Waals surface area contributed by atoms with E-state index in [1.807, 2.05) is 14.1 Å². The zero-order chi connectivity index (χ0) is 14.9. The summed E-state index contributed by atoms with van der Waals surface area (Å²) in [5.74, 6) is 0. The van der Waals surface area contributed by atoms with Crippen molar-refractivity contribution in [2.24, 2.45) is 0 Å². The summed E-state index contributed by atoms with van der Waals surface area (Å²) in [7, 11) is 0.445. The molecule has 0 saturated carbocycles. The molecule has 1 unspecified atom stereocenters. The normalized spacial score (nSPS) is 21.3. The molecule has 1 aromatic carbocycles. The van der Waals surface area contributed by atoms with E-state index in [4.69, 9.17) is 17.3 Å². The molecule has 1 heterocycles. The van der Waals surface area contributed by atoms with Crippen molar-refractivity contribution in [2.75, 3.05) is 32.9 Å². The highest BCUT2D eigenvalue weighted by Gasteiger charge is 2.31. The van der Waals surface area contributed by atoms with E-state index in [-0.39, 0.29) is 16.0 Å². The van der Waals surface area contributed by atoms with Gasteiger partial charge >= 0.3 is 0 Å². The number of hydrogen-bond acceptors (Lipinski definition) is 4. The minimum Gasteiger partial charge on any atom is -0.398 e. The number of rotatable bonds is 3. The molecule has 2 rings (SSSR count). The van der Waals surface area contributed by atoms with Crippen LogP contribution < -0.4 is 5.73 Å². The van der Waals surface area contributed by atoms with Crippen molar-refractivity contribution in [2.45, 2.75) is 23.8 Å². The summed E-state index contributed by atoms with van der Waals surface area (Å²) in [5, 5.41) is 0.271. The monoisotopic (exact) mass is 317 g/mol. The first-order valence-electron chi connectivity index (χ1n) is 6.54. The van der Waals surface area contributed by atoms with Crippen LogP contribution in [-0.4, -0.2) is 50.8 Å². The van der Waals surface area contributed by atoms with Crippen LogP contribution in [0.3, 0.4) is 0 Å². The lowest BCUT2D eigenvalue weighted by Gasteiger charge is -2.35. The highest BCUT2D eigenvalue weighted by molar-refractivity contribution is 7.89. The Bertz CT molecular complexity index is 589. The number of nitrogen functional groups attached to an aromatic ring is 1. The first-order valence-corrected chi connectivity index (χ1v) is 8.36. The second-order valence-corrected chi connectivity index (χ2v) is 7.65. The van der Waals surface area contributed by atoms with Crippen molar-refractivity contribution in [3.8, 4) is 0 Å². The van der Waals surface area contributed by atoms with Crippen molar-refractivity contribution in [1.29, 1.82) is 0 Å². The molecule has 0 amide bonds. The number of sulfonamides is 1. The Kier molecular flexibility index (Phi) is 4.59. The Hall–Kier alpha value is -0.820. The molecular weight excluding hydrogens is 298 g/mol. The fraction of sp³-hybridized carbons (Fsp3) is 0.538. The Labute approximate surface area is 125 Å². The average Bonchev–Trinajstić information content (AvgIpc) is 2.42. The van der Waals surface area contributed by atoms with E-state index in [9.17, 15) is 8.42 Å². The molecule has 7 heteroatoms. The third-order valence-corrected chi connectivity index (χ3v) is 5.89. The van der Waals surface area contributed by atoms with E-state index in [1.165, 1.54) is 22.5 Å². The maximum absolute atomic E-state index is 12.6. The van der Waals surface area contributed by atoms with Gasteiger partial charge in [-0.1, -0.05) is 11.6 Å². The summed E-state index contributed by atoms with van der Waals surface area (Å²) in [6.45, 7) is 1.06. The molecule has 1 aromatic rings. The summed E-state index contributed by atoms with van der Waals surface area (Å²) in [4.78, 5) is 2.27. The minimum absolute atomic E-state index is 0.205. The van der Waals surface area contributed by atoms with Gasteiger partial charge in [-0.25, -0.2) is 8.42 Å². The van der Waals surface area contributed by atoms with Gasteiger partial charge in [-0.05, 0) is 45.1 Å². The van der Waals surface area contributed by atoms with Crippen LogP contribution in [0, 0.1) is 0 Å². The van der Waals surface area contributed by atoms with Crippen LogP contribution in [0.4, 0.5) is 5.69 Å². The standard InChI is InChI=1S/C13H20ClN3O2S/c1-16(2)10-4-3-7-17(9-10)20(18,19)11-5-6-13(15)12(14)8-11/h5-6,8,10H,3-4,7,9,15H2,1-2H3. The Balaban J connectivity index is 2.27. The van der Waals surface area contributed by atoms with Gasteiger partial charge < -0.3 is 10.6 Å². The van der Waals surface area contributed by atoms with Gasteiger partial charge in [-0.2, -0.15) is 4.31 Å². The van der Waals surface area contributed by atoms with Crippen molar-refractivity contribution in [3.05, 3.63) is 23.2 Å². The fourth-order valence-corrected chi connectivity index (χ4v) is 4.17. The highest BCUT2D eigenvalue weighted by atomic mass is 35.5. The molecule has 0 bridgehead atoms. The molecule has 1 saturated heterocycles. The topological polar surface area (TPSA) is 66.6 Å². The quantitative estimate of drug-likeness (QED) is 0.861. The first kappa shape index (κ1) is 15.6. The van der Waals surface area contributed by atoms with Crippen LogP contribution in [-0.2, 0) is 10.0 Å². The number of anilines is 1. The van der Waals surface area contributed by atoms with E-state index in [2.05, 4.69) is 4.90 Å².